The van der Waals surface area contributed by atoms with E-state index in [1.165, 1.54) is 11.9 Å². The largest absolute Gasteiger partial charge is 0.342 e. The van der Waals surface area contributed by atoms with Gasteiger partial charge in [0.25, 0.3) is 0 Å². The van der Waals surface area contributed by atoms with E-state index >= 15 is 0 Å². The number of likely N-dealkylation sites (N-methyl/N-ethyl adjacent to an activating group) is 1. The topological polar surface area (TPSA) is 20.3 Å². The maximum atomic E-state index is 11.6. The monoisotopic (exact) mass is 163 g/mol. The van der Waals surface area contributed by atoms with Crippen LogP contribution in [0.15, 0.2) is 12.7 Å². The van der Waals surface area contributed by atoms with Crippen LogP contribution in [-0.2, 0) is 4.79 Å². The van der Waals surface area contributed by atoms with Gasteiger partial charge in [-0.25, -0.2) is 8.78 Å². The highest BCUT2D eigenvalue weighted by atomic mass is 19.3. The second kappa shape index (κ2) is 4.82. The summed E-state index contributed by atoms with van der Waals surface area (Å²) in [4.78, 5) is 11.9. The average Bonchev–Trinajstić information content (AvgIpc) is 1.98. The molecule has 0 aromatic heterocycles. The van der Waals surface area contributed by atoms with Crippen molar-refractivity contribution < 1.29 is 13.6 Å². The Hall–Kier alpha value is -0.930. The number of alkyl halides is 2. The van der Waals surface area contributed by atoms with E-state index in [1.54, 1.807) is 0 Å². The van der Waals surface area contributed by atoms with Crippen LogP contribution in [-0.4, -0.2) is 30.8 Å². The Bertz CT molecular complexity index is 147. The standard InChI is InChI=1S/C7H11F2NO/c1-3-7(11)10(2)5-4-6(8)9/h3,6H,1,4-5H2,2H3. The molecule has 0 atom stereocenters. The Labute approximate surface area is 64.5 Å². The molecule has 64 valence electrons. The van der Waals surface area contributed by atoms with Crippen molar-refractivity contribution in [1.29, 1.82) is 0 Å². The number of carbonyl (C=O) groups is 1. The molecule has 0 rings (SSSR count). The van der Waals surface area contributed by atoms with E-state index in [1.807, 2.05) is 0 Å². The molecule has 0 fully saturated rings. The third-order valence-electron chi connectivity index (χ3n) is 1.23. The van der Waals surface area contributed by atoms with Gasteiger partial charge in [-0.2, -0.15) is 0 Å². The molecular weight excluding hydrogens is 152 g/mol. The molecule has 0 saturated heterocycles. The molecule has 1 amide bonds. The first-order chi connectivity index (χ1) is 5.07. The van der Waals surface area contributed by atoms with Crippen molar-refractivity contribution >= 4 is 5.91 Å². The molecule has 0 radical (unpaired) electrons. The van der Waals surface area contributed by atoms with Crippen molar-refractivity contribution in [2.75, 3.05) is 13.6 Å². The van der Waals surface area contributed by atoms with Crippen LogP contribution < -0.4 is 0 Å². The molecule has 4 heteroatoms. The molecule has 11 heavy (non-hydrogen) atoms. The van der Waals surface area contributed by atoms with Gasteiger partial charge < -0.3 is 4.90 Å². The van der Waals surface area contributed by atoms with E-state index in [0.29, 0.717) is 0 Å². The fourth-order valence-corrected chi connectivity index (χ4v) is 0.557. The molecule has 0 aromatic carbocycles. The second-order valence-electron chi connectivity index (χ2n) is 2.14. The van der Waals surface area contributed by atoms with Gasteiger partial charge in [0.1, 0.15) is 0 Å². The number of nitrogens with zero attached hydrogens (tertiary/aromatic N) is 1. The first-order valence-electron chi connectivity index (χ1n) is 3.23. The molecule has 0 N–H and O–H groups in total. The van der Waals surface area contributed by atoms with Crippen molar-refractivity contribution in [3.63, 3.8) is 0 Å². The quantitative estimate of drug-likeness (QED) is 0.572. The second-order valence-corrected chi connectivity index (χ2v) is 2.14. The molecule has 0 aliphatic heterocycles. The number of rotatable bonds is 4. The van der Waals surface area contributed by atoms with Gasteiger partial charge in [-0.3, -0.25) is 4.79 Å². The van der Waals surface area contributed by atoms with Crippen molar-refractivity contribution in [1.82, 2.24) is 4.90 Å². The summed E-state index contributed by atoms with van der Waals surface area (Å²) in [7, 11) is 1.46. The highest BCUT2D eigenvalue weighted by Crippen LogP contribution is 2.00. The fourth-order valence-electron chi connectivity index (χ4n) is 0.557. The van der Waals surface area contributed by atoms with Crippen molar-refractivity contribution in [2.45, 2.75) is 12.8 Å². The van der Waals surface area contributed by atoms with Gasteiger partial charge in [-0.15, -0.1) is 0 Å². The molecule has 0 aromatic rings. The normalized spacial score (nSPS) is 9.82. The molecule has 0 bridgehead atoms. The summed E-state index contributed by atoms with van der Waals surface area (Å²) in [6.45, 7) is 3.30. The van der Waals surface area contributed by atoms with Gasteiger partial charge in [0.05, 0.1) is 0 Å². The minimum absolute atomic E-state index is 0.0719. The van der Waals surface area contributed by atoms with Gasteiger partial charge in [0, 0.05) is 20.0 Å². The van der Waals surface area contributed by atoms with Crippen LogP contribution in [0, 0.1) is 0 Å². The third kappa shape index (κ3) is 4.47. The van der Waals surface area contributed by atoms with Gasteiger partial charge in [0.15, 0.2) is 0 Å². The molecule has 0 aliphatic carbocycles. The number of hydrogen-bond donors (Lipinski definition) is 0. The van der Waals surface area contributed by atoms with Gasteiger partial charge in [0.2, 0.25) is 12.3 Å². The molecule has 0 spiro atoms. The smallest absolute Gasteiger partial charge is 0.245 e. The summed E-state index contributed by atoms with van der Waals surface area (Å²) >= 11 is 0. The fraction of sp³-hybridized carbons (Fsp3) is 0.571. The number of hydrogen-bond acceptors (Lipinski definition) is 1. The molecular formula is C7H11F2NO. The summed E-state index contributed by atoms with van der Waals surface area (Å²) in [5.74, 6) is -0.328. The number of halogens is 2. The van der Waals surface area contributed by atoms with Crippen LogP contribution in [0.3, 0.4) is 0 Å². The Morgan fingerprint density at radius 3 is 2.64 bits per heavy atom. The predicted molar refractivity (Wildman–Crippen MR) is 38.5 cm³/mol. The van der Waals surface area contributed by atoms with Gasteiger partial charge in [-0.05, 0) is 6.08 Å². The maximum Gasteiger partial charge on any atom is 0.245 e. The Balaban J connectivity index is 3.60. The maximum absolute atomic E-state index is 11.6. The number of amides is 1. The van der Waals surface area contributed by atoms with E-state index in [2.05, 4.69) is 6.58 Å². The molecule has 0 aliphatic rings. The molecule has 0 heterocycles. The number of carbonyl (C=O) groups excluding carboxylic acids is 1. The van der Waals surface area contributed by atoms with E-state index in [4.69, 9.17) is 0 Å². The summed E-state index contributed by atoms with van der Waals surface area (Å²) in [6, 6.07) is 0. The average molecular weight is 163 g/mol. The summed E-state index contributed by atoms with van der Waals surface area (Å²) in [5.41, 5.74) is 0. The van der Waals surface area contributed by atoms with Gasteiger partial charge in [-0.1, -0.05) is 6.58 Å². The summed E-state index contributed by atoms with van der Waals surface area (Å²) < 4.78 is 23.2. The summed E-state index contributed by atoms with van der Waals surface area (Å²) in [6.07, 6.45) is -1.53. The van der Waals surface area contributed by atoms with E-state index in [-0.39, 0.29) is 18.9 Å². The Kier molecular flexibility index (Phi) is 4.41. The van der Waals surface area contributed by atoms with Crippen LogP contribution in [0.4, 0.5) is 8.78 Å². The van der Waals surface area contributed by atoms with Crippen LogP contribution in [0.25, 0.3) is 0 Å². The van der Waals surface area contributed by atoms with Crippen LogP contribution in [0.1, 0.15) is 6.42 Å². The SMILES string of the molecule is C=CC(=O)N(C)CCC(F)F. The first-order valence-corrected chi connectivity index (χ1v) is 3.23. The van der Waals surface area contributed by atoms with Crippen LogP contribution >= 0.6 is 0 Å². The highest BCUT2D eigenvalue weighted by Gasteiger charge is 2.07. The zero-order valence-electron chi connectivity index (χ0n) is 6.39. The molecule has 0 saturated carbocycles. The lowest BCUT2D eigenvalue weighted by molar-refractivity contribution is -0.125. The summed E-state index contributed by atoms with van der Waals surface area (Å²) in [5, 5.41) is 0. The zero-order valence-corrected chi connectivity index (χ0v) is 6.39. The predicted octanol–water partition coefficient (Wildman–Crippen LogP) is 1.29. The minimum atomic E-state index is -2.35. The van der Waals surface area contributed by atoms with E-state index in [0.717, 1.165) is 6.08 Å². The van der Waals surface area contributed by atoms with Crippen LogP contribution in [0.5, 0.6) is 0 Å². The Morgan fingerprint density at radius 2 is 2.27 bits per heavy atom. The van der Waals surface area contributed by atoms with Crippen molar-refractivity contribution in [3.05, 3.63) is 12.7 Å². The highest BCUT2D eigenvalue weighted by molar-refractivity contribution is 5.86. The lowest BCUT2D eigenvalue weighted by Crippen LogP contribution is -2.26. The lowest BCUT2D eigenvalue weighted by Gasteiger charge is -2.13. The molecule has 2 nitrogen and oxygen atoms in total. The lowest BCUT2D eigenvalue weighted by atomic mass is 10.4. The Morgan fingerprint density at radius 1 is 1.73 bits per heavy atom. The van der Waals surface area contributed by atoms with E-state index in [9.17, 15) is 13.6 Å². The van der Waals surface area contributed by atoms with Crippen molar-refractivity contribution in [2.24, 2.45) is 0 Å². The van der Waals surface area contributed by atoms with Gasteiger partial charge >= 0.3 is 0 Å². The van der Waals surface area contributed by atoms with E-state index < -0.39 is 6.43 Å². The van der Waals surface area contributed by atoms with Crippen molar-refractivity contribution in [3.8, 4) is 0 Å². The third-order valence-corrected chi connectivity index (χ3v) is 1.23. The zero-order chi connectivity index (χ0) is 8.85. The molecule has 0 unspecified atom stereocenters. The van der Waals surface area contributed by atoms with Crippen LogP contribution in [0.2, 0.25) is 0 Å². The minimum Gasteiger partial charge on any atom is -0.342 e. The first kappa shape index (κ1) is 10.1.